The second kappa shape index (κ2) is 9.08. The molecule has 1 amide bonds. The predicted octanol–water partition coefficient (Wildman–Crippen LogP) is 4.26. The number of hydrogen-bond acceptors (Lipinski definition) is 4. The first-order valence-electron chi connectivity index (χ1n) is 9.36. The zero-order valence-electron chi connectivity index (χ0n) is 16.4. The Balaban J connectivity index is 1.79. The highest BCUT2D eigenvalue weighted by atomic mass is 19.4. The molecular weight excluding hydrogens is 440 g/mol. The van der Waals surface area contributed by atoms with Crippen molar-refractivity contribution in [3.8, 4) is 6.19 Å². The fourth-order valence-electron chi connectivity index (χ4n) is 3.50. The molecule has 3 rings (SSSR count). The summed E-state index contributed by atoms with van der Waals surface area (Å²) in [5.74, 6) is -0.453. The van der Waals surface area contributed by atoms with Gasteiger partial charge in [0.15, 0.2) is 6.19 Å². The molecule has 5 nitrogen and oxygen atoms in total. The molecular formula is C21H17F6N3O2. The van der Waals surface area contributed by atoms with Crippen LogP contribution < -0.4 is 5.32 Å². The molecule has 32 heavy (non-hydrogen) atoms. The first-order valence-corrected chi connectivity index (χ1v) is 9.36. The molecule has 0 spiro atoms. The van der Waals surface area contributed by atoms with Gasteiger partial charge in [-0.25, -0.2) is 0 Å². The monoisotopic (exact) mass is 457 g/mol. The van der Waals surface area contributed by atoms with Crippen molar-refractivity contribution in [3.05, 3.63) is 70.8 Å². The zero-order chi connectivity index (χ0) is 23.5. The summed E-state index contributed by atoms with van der Waals surface area (Å²) in [5, 5.41) is 12.1. The zero-order valence-corrected chi connectivity index (χ0v) is 16.4. The molecule has 2 atom stereocenters. The molecule has 1 saturated heterocycles. The van der Waals surface area contributed by atoms with E-state index >= 15 is 0 Å². The van der Waals surface area contributed by atoms with Gasteiger partial charge in [-0.3, -0.25) is 9.69 Å². The third-order valence-electron chi connectivity index (χ3n) is 4.86. The summed E-state index contributed by atoms with van der Waals surface area (Å²) < 4.78 is 83.5. The highest BCUT2D eigenvalue weighted by Gasteiger charge is 2.38. The molecule has 11 heteroatoms. The average Bonchev–Trinajstić information content (AvgIpc) is 2.72. The molecule has 0 aliphatic carbocycles. The van der Waals surface area contributed by atoms with E-state index in [0.717, 1.165) is 0 Å². The third kappa shape index (κ3) is 5.50. The lowest BCUT2D eigenvalue weighted by molar-refractivity contribution is -0.143. The Morgan fingerprint density at radius 3 is 2.16 bits per heavy atom. The Kier molecular flexibility index (Phi) is 6.64. The van der Waals surface area contributed by atoms with Gasteiger partial charge in [-0.15, -0.1) is 0 Å². The second-order valence-electron chi connectivity index (χ2n) is 7.19. The number of amides is 1. The Hall–Kier alpha value is -3.26. The number of hydrogen-bond donors (Lipinski definition) is 1. The van der Waals surface area contributed by atoms with Crippen LogP contribution >= 0.6 is 0 Å². The van der Waals surface area contributed by atoms with Crippen molar-refractivity contribution in [3.63, 3.8) is 0 Å². The standard InChI is InChI=1S/C21H17F6N3O2/c22-20(23,24)15-6-13(7-16(8-15)21(25,26)27)10-32-11-17-19(14-4-2-1-3-5-14)30(12-28)9-18(31)29-17/h1-8,17,19H,9-11H2,(H,29,31). The fourth-order valence-corrected chi connectivity index (χ4v) is 3.50. The largest absolute Gasteiger partial charge is 0.416 e. The normalized spacial score (nSPS) is 19.4. The van der Waals surface area contributed by atoms with Crippen LogP contribution in [0.3, 0.4) is 0 Å². The average molecular weight is 457 g/mol. The molecule has 1 aliphatic rings. The van der Waals surface area contributed by atoms with Gasteiger partial charge in [0.05, 0.1) is 36.4 Å². The summed E-state index contributed by atoms with van der Waals surface area (Å²) in [6.45, 7) is -0.969. The Labute approximate surface area is 179 Å². The van der Waals surface area contributed by atoms with Gasteiger partial charge >= 0.3 is 12.4 Å². The smallest absolute Gasteiger partial charge is 0.375 e. The summed E-state index contributed by atoms with van der Waals surface area (Å²) in [7, 11) is 0. The Bertz CT molecular complexity index is 969. The quantitative estimate of drug-likeness (QED) is 0.538. The lowest BCUT2D eigenvalue weighted by Gasteiger charge is -2.38. The van der Waals surface area contributed by atoms with Gasteiger partial charge < -0.3 is 10.1 Å². The maximum Gasteiger partial charge on any atom is 0.416 e. The van der Waals surface area contributed by atoms with Crippen molar-refractivity contribution in [2.75, 3.05) is 13.2 Å². The third-order valence-corrected chi connectivity index (χ3v) is 4.86. The van der Waals surface area contributed by atoms with Crippen molar-refractivity contribution < 1.29 is 35.9 Å². The molecule has 1 N–H and O–H groups in total. The molecule has 2 unspecified atom stereocenters. The summed E-state index contributed by atoms with van der Waals surface area (Å²) in [5.41, 5.74) is -2.49. The number of nitrogens with zero attached hydrogens (tertiary/aromatic N) is 2. The number of carbonyl (C=O) groups is 1. The molecule has 2 aromatic carbocycles. The van der Waals surface area contributed by atoms with E-state index in [9.17, 15) is 36.4 Å². The number of alkyl halides is 6. The van der Waals surface area contributed by atoms with Crippen LogP contribution in [0.25, 0.3) is 0 Å². The van der Waals surface area contributed by atoms with E-state index in [1.165, 1.54) is 4.90 Å². The molecule has 1 fully saturated rings. The first-order chi connectivity index (χ1) is 15.0. The minimum Gasteiger partial charge on any atom is -0.375 e. The summed E-state index contributed by atoms with van der Waals surface area (Å²) >= 11 is 0. The fraction of sp³-hybridized carbons (Fsp3) is 0.333. The lowest BCUT2D eigenvalue weighted by atomic mass is 9.96. The van der Waals surface area contributed by atoms with Crippen LogP contribution in [0.1, 0.15) is 28.3 Å². The SMILES string of the molecule is N#CN1CC(=O)NC(COCc2cc(C(F)(F)F)cc(C(F)(F)F)c2)C1c1ccccc1. The Morgan fingerprint density at radius 1 is 1.03 bits per heavy atom. The van der Waals surface area contributed by atoms with Gasteiger partial charge in [-0.05, 0) is 29.3 Å². The lowest BCUT2D eigenvalue weighted by Crippen LogP contribution is -2.56. The second-order valence-corrected chi connectivity index (χ2v) is 7.19. The van der Waals surface area contributed by atoms with Gasteiger partial charge in [0.25, 0.3) is 0 Å². The van der Waals surface area contributed by atoms with Crippen LogP contribution in [0.5, 0.6) is 0 Å². The maximum atomic E-state index is 13.0. The van der Waals surface area contributed by atoms with Crippen LogP contribution in [0.15, 0.2) is 48.5 Å². The number of rotatable bonds is 5. The van der Waals surface area contributed by atoms with E-state index in [1.807, 2.05) is 6.19 Å². The van der Waals surface area contributed by atoms with E-state index in [-0.39, 0.29) is 24.8 Å². The maximum absolute atomic E-state index is 13.0. The van der Waals surface area contributed by atoms with Crippen molar-refractivity contribution in [2.45, 2.75) is 31.0 Å². The molecule has 0 aromatic heterocycles. The summed E-state index contributed by atoms with van der Waals surface area (Å²) in [6.07, 6.45) is -7.98. The van der Waals surface area contributed by atoms with Crippen LogP contribution in [0.4, 0.5) is 26.3 Å². The highest BCUT2D eigenvalue weighted by molar-refractivity contribution is 5.79. The number of benzene rings is 2. The van der Waals surface area contributed by atoms with Gasteiger partial charge in [0.1, 0.15) is 6.54 Å². The first kappa shape index (κ1) is 23.4. The van der Waals surface area contributed by atoms with Crippen LogP contribution in [0, 0.1) is 11.5 Å². The minimum absolute atomic E-state index is 0.0427. The molecule has 0 radical (unpaired) electrons. The summed E-state index contributed by atoms with van der Waals surface area (Å²) in [4.78, 5) is 13.2. The molecule has 0 bridgehead atoms. The van der Waals surface area contributed by atoms with Gasteiger partial charge in [0.2, 0.25) is 5.91 Å². The van der Waals surface area contributed by atoms with Gasteiger partial charge in [0, 0.05) is 0 Å². The van der Waals surface area contributed by atoms with E-state index < -0.39 is 48.1 Å². The minimum atomic E-state index is -4.96. The number of nitrogens with one attached hydrogen (secondary N) is 1. The van der Waals surface area contributed by atoms with Crippen molar-refractivity contribution in [1.82, 2.24) is 10.2 Å². The number of ether oxygens (including phenoxy) is 1. The van der Waals surface area contributed by atoms with Crippen molar-refractivity contribution >= 4 is 5.91 Å². The number of nitriles is 1. The van der Waals surface area contributed by atoms with Crippen LogP contribution in [-0.2, 0) is 28.5 Å². The number of halogens is 6. The van der Waals surface area contributed by atoms with Crippen molar-refractivity contribution in [2.24, 2.45) is 0 Å². The molecule has 1 aliphatic heterocycles. The van der Waals surface area contributed by atoms with Gasteiger partial charge in [-0.1, -0.05) is 30.3 Å². The predicted molar refractivity (Wildman–Crippen MR) is 99.5 cm³/mol. The number of carbonyl (C=O) groups excluding carboxylic acids is 1. The van der Waals surface area contributed by atoms with E-state index in [1.54, 1.807) is 30.3 Å². The van der Waals surface area contributed by atoms with Gasteiger partial charge in [-0.2, -0.15) is 31.6 Å². The molecule has 170 valence electrons. The highest BCUT2D eigenvalue weighted by Crippen LogP contribution is 2.36. The van der Waals surface area contributed by atoms with E-state index in [0.29, 0.717) is 17.7 Å². The molecule has 1 heterocycles. The molecule has 2 aromatic rings. The van der Waals surface area contributed by atoms with E-state index in [2.05, 4.69) is 5.32 Å². The number of piperazine rings is 1. The van der Waals surface area contributed by atoms with Crippen LogP contribution in [-0.4, -0.2) is 30.0 Å². The topological polar surface area (TPSA) is 65.4 Å². The van der Waals surface area contributed by atoms with Crippen LogP contribution in [0.2, 0.25) is 0 Å². The molecule has 0 saturated carbocycles. The Morgan fingerprint density at radius 2 is 1.62 bits per heavy atom. The van der Waals surface area contributed by atoms with Crippen molar-refractivity contribution in [1.29, 1.82) is 5.26 Å². The van der Waals surface area contributed by atoms with E-state index in [4.69, 9.17) is 4.74 Å². The summed E-state index contributed by atoms with van der Waals surface area (Å²) in [6, 6.07) is 8.58.